The van der Waals surface area contributed by atoms with Crippen molar-refractivity contribution in [2.75, 3.05) is 0 Å². The number of imidazole rings is 1. The molecule has 1 aromatic carbocycles. The summed E-state index contributed by atoms with van der Waals surface area (Å²) in [5.74, 6) is -0.137. The molecular weight excluding hydrogens is 302 g/mol. The Bertz CT molecular complexity index is 739. The molecule has 2 atom stereocenters. The fourth-order valence-electron chi connectivity index (χ4n) is 2.93. The van der Waals surface area contributed by atoms with E-state index in [9.17, 15) is 13.6 Å². The predicted molar refractivity (Wildman–Crippen MR) is 82.0 cm³/mol. The molecule has 0 N–H and O–H groups in total. The highest BCUT2D eigenvalue weighted by molar-refractivity contribution is 5.76. The molecule has 0 fully saturated rings. The van der Waals surface area contributed by atoms with Crippen LogP contribution in [0.1, 0.15) is 44.7 Å². The van der Waals surface area contributed by atoms with Crippen molar-refractivity contribution in [2.45, 2.75) is 38.8 Å². The quantitative estimate of drug-likeness (QED) is 0.606. The van der Waals surface area contributed by atoms with Crippen LogP contribution < -0.4 is 0 Å². The first-order chi connectivity index (χ1) is 11.1. The lowest BCUT2D eigenvalue weighted by Crippen LogP contribution is -2.16. The van der Waals surface area contributed by atoms with Gasteiger partial charge in [0.2, 0.25) is 0 Å². The SMILES string of the molecule is CC(OC(=O)CC1C=CCC1)c1nc2ccccc2n1C(F)F. The number of carbonyl (C=O) groups excluding carboxylic acids is 1. The molecular formula is C17H18F2N2O2. The zero-order valence-electron chi connectivity index (χ0n) is 12.8. The van der Waals surface area contributed by atoms with E-state index in [1.807, 2.05) is 12.2 Å². The molecule has 1 aliphatic rings. The number of esters is 1. The molecule has 0 radical (unpaired) electrons. The second-order valence-electron chi connectivity index (χ2n) is 5.71. The van der Waals surface area contributed by atoms with E-state index in [1.165, 1.54) is 0 Å². The lowest BCUT2D eigenvalue weighted by Gasteiger charge is -2.16. The normalized spacial score (nSPS) is 18.7. The van der Waals surface area contributed by atoms with Crippen molar-refractivity contribution >= 4 is 17.0 Å². The van der Waals surface area contributed by atoms with Gasteiger partial charge in [0.05, 0.1) is 17.5 Å². The second-order valence-corrected chi connectivity index (χ2v) is 5.71. The highest BCUT2D eigenvalue weighted by Gasteiger charge is 2.25. The van der Waals surface area contributed by atoms with Crippen LogP contribution in [0, 0.1) is 5.92 Å². The Morgan fingerprint density at radius 3 is 2.91 bits per heavy atom. The zero-order valence-corrected chi connectivity index (χ0v) is 12.8. The Hall–Kier alpha value is -2.24. The topological polar surface area (TPSA) is 44.1 Å². The van der Waals surface area contributed by atoms with E-state index in [2.05, 4.69) is 4.98 Å². The van der Waals surface area contributed by atoms with E-state index >= 15 is 0 Å². The molecule has 0 saturated heterocycles. The highest BCUT2D eigenvalue weighted by atomic mass is 19.3. The lowest BCUT2D eigenvalue weighted by molar-refractivity contribution is -0.150. The molecule has 2 unspecified atom stereocenters. The van der Waals surface area contributed by atoms with Crippen molar-refractivity contribution in [3.05, 3.63) is 42.2 Å². The number of allylic oxidation sites excluding steroid dienone is 2. The summed E-state index contributed by atoms with van der Waals surface area (Å²) in [6.45, 7) is -1.17. The third kappa shape index (κ3) is 3.25. The van der Waals surface area contributed by atoms with Crippen LogP contribution in [0.3, 0.4) is 0 Å². The van der Waals surface area contributed by atoms with Gasteiger partial charge < -0.3 is 4.74 Å². The first-order valence-electron chi connectivity index (χ1n) is 7.67. The number of para-hydroxylation sites is 2. The van der Waals surface area contributed by atoms with Gasteiger partial charge in [-0.15, -0.1) is 0 Å². The molecule has 0 saturated carbocycles. The summed E-state index contributed by atoms with van der Waals surface area (Å²) in [6, 6.07) is 6.65. The number of hydrogen-bond acceptors (Lipinski definition) is 3. The van der Waals surface area contributed by atoms with E-state index in [4.69, 9.17) is 4.74 Å². The van der Waals surface area contributed by atoms with Gasteiger partial charge in [0.25, 0.3) is 0 Å². The predicted octanol–water partition coefficient (Wildman–Crippen LogP) is 4.39. The molecule has 0 aliphatic heterocycles. The Morgan fingerprint density at radius 1 is 1.43 bits per heavy atom. The Balaban J connectivity index is 1.79. The van der Waals surface area contributed by atoms with Crippen LogP contribution >= 0.6 is 0 Å². The van der Waals surface area contributed by atoms with Crippen LogP contribution in [0.4, 0.5) is 8.78 Å². The lowest BCUT2D eigenvalue weighted by atomic mass is 10.1. The van der Waals surface area contributed by atoms with E-state index in [1.54, 1.807) is 31.2 Å². The van der Waals surface area contributed by atoms with Crippen molar-refractivity contribution in [2.24, 2.45) is 5.92 Å². The van der Waals surface area contributed by atoms with Crippen LogP contribution in [0.5, 0.6) is 0 Å². The summed E-state index contributed by atoms with van der Waals surface area (Å²) in [5.41, 5.74) is 0.795. The molecule has 122 valence electrons. The summed E-state index contributed by atoms with van der Waals surface area (Å²) in [5, 5.41) is 0. The van der Waals surface area contributed by atoms with Crippen LogP contribution in [-0.4, -0.2) is 15.5 Å². The summed E-state index contributed by atoms with van der Waals surface area (Å²) < 4.78 is 32.9. The molecule has 2 aromatic rings. The number of benzene rings is 1. The van der Waals surface area contributed by atoms with Crippen molar-refractivity contribution in [3.8, 4) is 0 Å². The van der Waals surface area contributed by atoms with Crippen molar-refractivity contribution in [1.29, 1.82) is 0 Å². The number of carbonyl (C=O) groups is 1. The maximum Gasteiger partial charge on any atom is 0.320 e. The Kier molecular flexibility index (Phi) is 4.41. The third-order valence-electron chi connectivity index (χ3n) is 4.03. The van der Waals surface area contributed by atoms with E-state index in [0.717, 1.165) is 17.4 Å². The number of fused-ring (bicyclic) bond motifs is 1. The smallest absolute Gasteiger partial charge is 0.320 e. The Labute approximate surface area is 132 Å². The average Bonchev–Trinajstić information content (AvgIpc) is 3.13. The van der Waals surface area contributed by atoms with E-state index < -0.39 is 12.7 Å². The number of rotatable bonds is 5. The molecule has 23 heavy (non-hydrogen) atoms. The standard InChI is InChI=1S/C17H18F2N2O2/c1-11(23-15(22)10-12-6-2-3-7-12)16-20-13-8-4-5-9-14(13)21(16)17(18)19/h2,4-6,8-9,11-12,17H,3,7,10H2,1H3. The van der Waals surface area contributed by atoms with Crippen molar-refractivity contribution in [3.63, 3.8) is 0 Å². The van der Waals surface area contributed by atoms with Crippen LogP contribution in [0.25, 0.3) is 11.0 Å². The van der Waals surface area contributed by atoms with E-state index in [0.29, 0.717) is 11.0 Å². The minimum atomic E-state index is -2.74. The molecule has 3 rings (SSSR count). The van der Waals surface area contributed by atoms with E-state index in [-0.39, 0.29) is 24.1 Å². The monoisotopic (exact) mass is 320 g/mol. The molecule has 6 heteroatoms. The van der Waals surface area contributed by atoms with Crippen molar-refractivity contribution < 1.29 is 18.3 Å². The summed E-state index contributed by atoms with van der Waals surface area (Å²) in [4.78, 5) is 16.2. The second kappa shape index (κ2) is 6.48. The van der Waals surface area contributed by atoms with Gasteiger partial charge in [0.1, 0.15) is 0 Å². The number of hydrogen-bond donors (Lipinski definition) is 0. The zero-order chi connectivity index (χ0) is 16.4. The molecule has 1 aliphatic carbocycles. The molecule has 0 amide bonds. The molecule has 1 aromatic heterocycles. The van der Waals surface area contributed by atoms with Gasteiger partial charge >= 0.3 is 12.5 Å². The maximum atomic E-state index is 13.4. The number of halogens is 2. The number of nitrogens with zero attached hydrogens (tertiary/aromatic N) is 2. The van der Waals surface area contributed by atoms with Gasteiger partial charge in [-0.25, -0.2) is 4.98 Å². The fraction of sp³-hybridized carbons (Fsp3) is 0.412. The van der Waals surface area contributed by atoms with Gasteiger partial charge in [-0.2, -0.15) is 8.78 Å². The van der Waals surface area contributed by atoms with Gasteiger partial charge in [0.15, 0.2) is 11.9 Å². The number of ether oxygens (including phenoxy) is 1. The largest absolute Gasteiger partial charge is 0.454 e. The van der Waals surface area contributed by atoms with Gasteiger partial charge in [0, 0.05) is 0 Å². The van der Waals surface area contributed by atoms with Crippen LogP contribution in [-0.2, 0) is 9.53 Å². The molecule has 1 heterocycles. The fourth-order valence-corrected chi connectivity index (χ4v) is 2.93. The first-order valence-corrected chi connectivity index (χ1v) is 7.67. The summed E-state index contributed by atoms with van der Waals surface area (Å²) in [6.07, 6.45) is 5.38. The van der Waals surface area contributed by atoms with Gasteiger partial charge in [-0.1, -0.05) is 24.3 Å². The van der Waals surface area contributed by atoms with Crippen LogP contribution in [0.2, 0.25) is 0 Å². The molecule has 0 bridgehead atoms. The van der Waals surface area contributed by atoms with Gasteiger partial charge in [-0.3, -0.25) is 9.36 Å². The van der Waals surface area contributed by atoms with Gasteiger partial charge in [-0.05, 0) is 37.8 Å². The minimum Gasteiger partial charge on any atom is -0.454 e. The first kappa shape index (κ1) is 15.6. The third-order valence-corrected chi connectivity index (χ3v) is 4.03. The number of alkyl halides is 2. The molecule has 0 spiro atoms. The summed E-state index contributed by atoms with van der Waals surface area (Å²) in [7, 11) is 0. The summed E-state index contributed by atoms with van der Waals surface area (Å²) >= 11 is 0. The maximum absolute atomic E-state index is 13.4. The highest BCUT2D eigenvalue weighted by Crippen LogP contribution is 2.29. The van der Waals surface area contributed by atoms with Crippen molar-refractivity contribution in [1.82, 2.24) is 9.55 Å². The number of aromatic nitrogens is 2. The van der Waals surface area contributed by atoms with Crippen LogP contribution in [0.15, 0.2) is 36.4 Å². The Morgan fingerprint density at radius 2 is 2.22 bits per heavy atom. The minimum absolute atomic E-state index is 0.0662. The average molecular weight is 320 g/mol. The molecule has 4 nitrogen and oxygen atoms in total.